The Morgan fingerprint density at radius 3 is 2.70 bits per heavy atom. The van der Waals surface area contributed by atoms with E-state index in [1.165, 1.54) is 16.4 Å². The van der Waals surface area contributed by atoms with Crippen LogP contribution in [0.4, 0.5) is 0 Å². The highest BCUT2D eigenvalue weighted by Gasteiger charge is 2.27. The smallest absolute Gasteiger partial charge is 0.340 e. The molecule has 0 unspecified atom stereocenters. The molecular weight excluding hydrogens is 406 g/mol. The van der Waals surface area contributed by atoms with Crippen LogP contribution in [-0.4, -0.2) is 55.9 Å². The number of nitrogens with one attached hydrogen (secondary N) is 1. The molecule has 0 radical (unpaired) electrons. The maximum Gasteiger partial charge on any atom is 0.340 e. The summed E-state index contributed by atoms with van der Waals surface area (Å²) in [4.78, 5) is 28.3. The molecule has 0 amide bonds. The number of aromatic nitrogens is 5. The van der Waals surface area contributed by atoms with Crippen molar-refractivity contribution in [1.29, 1.82) is 0 Å². The summed E-state index contributed by atoms with van der Waals surface area (Å²) in [6, 6.07) is 7.34. The van der Waals surface area contributed by atoms with E-state index < -0.39 is 11.2 Å². The molecule has 1 atom stereocenters. The van der Waals surface area contributed by atoms with E-state index in [0.717, 1.165) is 0 Å². The van der Waals surface area contributed by atoms with Crippen LogP contribution in [0.15, 0.2) is 29.4 Å². The van der Waals surface area contributed by atoms with Crippen LogP contribution >= 0.6 is 11.8 Å². The Hall–Kier alpha value is -3.14. The van der Waals surface area contributed by atoms with Gasteiger partial charge in [0.15, 0.2) is 5.78 Å². The van der Waals surface area contributed by atoms with Crippen molar-refractivity contribution in [2.45, 2.75) is 38.1 Å². The largest absolute Gasteiger partial charge is 0.494 e. The highest BCUT2D eigenvalue weighted by atomic mass is 32.2. The fourth-order valence-electron chi connectivity index (χ4n) is 3.13. The van der Waals surface area contributed by atoms with Gasteiger partial charge in [0.05, 0.1) is 30.2 Å². The molecule has 3 aromatic rings. The first kappa shape index (κ1) is 21.6. The number of esters is 1. The van der Waals surface area contributed by atoms with Crippen LogP contribution in [0.25, 0.3) is 5.69 Å². The lowest BCUT2D eigenvalue weighted by Crippen LogP contribution is -2.16. The zero-order valence-electron chi connectivity index (χ0n) is 17.4. The highest BCUT2D eigenvalue weighted by molar-refractivity contribution is 8.00. The minimum Gasteiger partial charge on any atom is -0.494 e. The summed E-state index contributed by atoms with van der Waals surface area (Å²) in [7, 11) is 1.57. The fraction of sp³-hybridized carbons (Fsp3) is 0.350. The first-order valence-electron chi connectivity index (χ1n) is 9.37. The van der Waals surface area contributed by atoms with Crippen LogP contribution in [0, 0.1) is 13.8 Å². The predicted octanol–water partition coefficient (Wildman–Crippen LogP) is 3.16. The van der Waals surface area contributed by atoms with Crippen LogP contribution in [0.5, 0.6) is 5.75 Å². The molecule has 0 aliphatic heterocycles. The topological polar surface area (TPSA) is 112 Å². The second-order valence-corrected chi connectivity index (χ2v) is 7.82. The van der Waals surface area contributed by atoms with Gasteiger partial charge in [0.25, 0.3) is 0 Å². The van der Waals surface area contributed by atoms with Crippen molar-refractivity contribution in [2.24, 2.45) is 0 Å². The van der Waals surface area contributed by atoms with Crippen molar-refractivity contribution in [1.82, 2.24) is 25.2 Å². The second-order valence-electron chi connectivity index (χ2n) is 6.51. The molecule has 2 heterocycles. The summed E-state index contributed by atoms with van der Waals surface area (Å²) in [5.41, 5.74) is 2.63. The zero-order chi connectivity index (χ0) is 21.8. The zero-order valence-corrected chi connectivity index (χ0v) is 18.2. The maximum atomic E-state index is 13.1. The Balaban J connectivity index is 1.86. The molecule has 9 nitrogen and oxygen atoms in total. The summed E-state index contributed by atoms with van der Waals surface area (Å²) < 4.78 is 12.0. The van der Waals surface area contributed by atoms with Crippen molar-refractivity contribution in [3.8, 4) is 11.4 Å². The fourth-order valence-corrected chi connectivity index (χ4v) is 3.99. The van der Waals surface area contributed by atoms with Crippen molar-refractivity contribution in [3.05, 3.63) is 46.8 Å². The molecule has 158 valence electrons. The van der Waals surface area contributed by atoms with Gasteiger partial charge in [0.2, 0.25) is 5.16 Å². The minimum atomic E-state index is -0.503. The number of carbonyl (C=O) groups excluding carboxylic acids is 2. The number of tetrazole rings is 1. The lowest BCUT2D eigenvalue weighted by Gasteiger charge is -2.12. The number of aromatic amines is 1. The number of Topliss-reactive ketones (excluding diaryl/α,β-unsaturated/α-hetero) is 1. The van der Waals surface area contributed by atoms with E-state index in [9.17, 15) is 9.59 Å². The van der Waals surface area contributed by atoms with E-state index in [0.29, 0.717) is 39.1 Å². The number of rotatable bonds is 8. The van der Waals surface area contributed by atoms with Gasteiger partial charge in [-0.1, -0.05) is 23.9 Å². The molecule has 0 saturated heterocycles. The van der Waals surface area contributed by atoms with Crippen LogP contribution < -0.4 is 4.74 Å². The molecule has 10 heteroatoms. The number of hydrogen-bond donors (Lipinski definition) is 1. The summed E-state index contributed by atoms with van der Waals surface area (Å²) in [6.45, 7) is 7.26. The number of para-hydroxylation sites is 2. The van der Waals surface area contributed by atoms with Gasteiger partial charge in [-0.2, -0.15) is 4.68 Å². The van der Waals surface area contributed by atoms with Gasteiger partial charge in [-0.05, 0) is 55.8 Å². The lowest BCUT2D eigenvalue weighted by atomic mass is 10.1. The van der Waals surface area contributed by atoms with E-state index in [4.69, 9.17) is 9.47 Å². The molecule has 0 aliphatic carbocycles. The van der Waals surface area contributed by atoms with Crippen molar-refractivity contribution in [3.63, 3.8) is 0 Å². The number of benzene rings is 1. The normalized spacial score (nSPS) is 11.9. The Kier molecular flexibility index (Phi) is 6.56. The number of H-pyrrole nitrogens is 1. The van der Waals surface area contributed by atoms with Crippen molar-refractivity contribution in [2.75, 3.05) is 13.7 Å². The van der Waals surface area contributed by atoms with Gasteiger partial charge < -0.3 is 14.5 Å². The third-order valence-corrected chi connectivity index (χ3v) is 5.60. The molecule has 1 aromatic carbocycles. The number of aryl methyl sites for hydroxylation is 1. The molecule has 0 bridgehead atoms. The third kappa shape index (κ3) is 4.09. The summed E-state index contributed by atoms with van der Waals surface area (Å²) in [6.07, 6.45) is 0. The Bertz CT molecular complexity index is 1080. The average Bonchev–Trinajstić information content (AvgIpc) is 3.31. The quantitative estimate of drug-likeness (QED) is 0.330. The van der Waals surface area contributed by atoms with Gasteiger partial charge in [0.1, 0.15) is 11.4 Å². The molecular formula is C20H23N5O4S. The van der Waals surface area contributed by atoms with E-state index in [1.807, 2.05) is 24.3 Å². The molecule has 0 spiro atoms. The van der Waals surface area contributed by atoms with E-state index in [-0.39, 0.29) is 12.4 Å². The summed E-state index contributed by atoms with van der Waals surface area (Å²) >= 11 is 1.22. The molecule has 30 heavy (non-hydrogen) atoms. The minimum absolute atomic E-state index is 0.161. The van der Waals surface area contributed by atoms with Crippen molar-refractivity contribution >= 4 is 23.5 Å². The van der Waals surface area contributed by atoms with Crippen LogP contribution in [0.2, 0.25) is 0 Å². The van der Waals surface area contributed by atoms with Crippen molar-refractivity contribution < 1.29 is 19.1 Å². The lowest BCUT2D eigenvalue weighted by molar-refractivity contribution is 0.0525. The monoisotopic (exact) mass is 429 g/mol. The molecule has 2 aromatic heterocycles. The SMILES string of the molecule is CCOC(=O)c1c(C)[nH]c(C(=O)[C@@H](C)Sc2nnnn2-c2ccccc2OC)c1C. The predicted molar refractivity (Wildman–Crippen MR) is 112 cm³/mol. The molecule has 3 rings (SSSR count). The Morgan fingerprint density at radius 1 is 1.27 bits per heavy atom. The third-order valence-electron chi connectivity index (χ3n) is 4.57. The van der Waals surface area contributed by atoms with Gasteiger partial charge in [-0.15, -0.1) is 5.10 Å². The number of thioether (sulfide) groups is 1. The van der Waals surface area contributed by atoms with Crippen LogP contribution in [0.3, 0.4) is 0 Å². The average molecular weight is 430 g/mol. The standard InChI is InChI=1S/C20H23N5O4S/c1-6-29-19(27)16-11(2)17(21-12(16)3)18(26)13(4)30-20-22-23-24-25(20)14-9-7-8-10-15(14)28-5/h7-10,13,21H,6H2,1-5H3/t13-/m1/s1. The number of ketones is 1. The highest BCUT2D eigenvalue weighted by Crippen LogP contribution is 2.30. The van der Waals surface area contributed by atoms with Crippen LogP contribution in [0.1, 0.15) is 46.0 Å². The maximum absolute atomic E-state index is 13.1. The number of nitrogens with zero attached hydrogens (tertiary/aromatic N) is 4. The van der Waals surface area contributed by atoms with Gasteiger partial charge in [-0.3, -0.25) is 4.79 Å². The van der Waals surface area contributed by atoms with Crippen LogP contribution in [-0.2, 0) is 4.74 Å². The molecule has 0 aliphatic rings. The molecule has 0 saturated carbocycles. The number of hydrogen-bond acceptors (Lipinski definition) is 8. The summed E-state index contributed by atoms with van der Waals surface area (Å²) in [5.74, 6) is 0.00879. The van der Waals surface area contributed by atoms with E-state index in [1.54, 1.807) is 34.8 Å². The second kappa shape index (κ2) is 9.12. The Morgan fingerprint density at radius 2 is 2.00 bits per heavy atom. The molecule has 0 fully saturated rings. The number of carbonyl (C=O) groups is 2. The van der Waals surface area contributed by atoms with E-state index in [2.05, 4.69) is 20.5 Å². The number of ether oxygens (including phenoxy) is 2. The number of methoxy groups -OCH3 is 1. The first-order chi connectivity index (χ1) is 14.4. The Labute approximate surface area is 178 Å². The first-order valence-corrected chi connectivity index (χ1v) is 10.3. The van der Waals surface area contributed by atoms with Gasteiger partial charge >= 0.3 is 5.97 Å². The van der Waals surface area contributed by atoms with E-state index >= 15 is 0 Å². The van der Waals surface area contributed by atoms with Gasteiger partial charge in [0, 0.05) is 5.69 Å². The summed E-state index contributed by atoms with van der Waals surface area (Å²) in [5, 5.41) is 11.8. The molecule has 1 N–H and O–H groups in total. The van der Waals surface area contributed by atoms with Gasteiger partial charge in [-0.25, -0.2) is 4.79 Å².